The van der Waals surface area contributed by atoms with E-state index in [1.165, 1.54) is 0 Å². The third kappa shape index (κ3) is 3.92. The summed E-state index contributed by atoms with van der Waals surface area (Å²) in [4.78, 5) is 2.56. The van der Waals surface area contributed by atoms with Crippen molar-refractivity contribution in [1.82, 2.24) is 9.21 Å². The van der Waals surface area contributed by atoms with E-state index in [1.54, 1.807) is 23.4 Å². The number of furan rings is 1. The molecular formula is C18H23ClN2O3S. The van der Waals surface area contributed by atoms with Crippen molar-refractivity contribution in [3.05, 3.63) is 51.9 Å². The number of piperazine rings is 1. The van der Waals surface area contributed by atoms with Crippen LogP contribution in [0, 0.1) is 20.8 Å². The molecule has 0 unspecified atom stereocenters. The Labute approximate surface area is 154 Å². The van der Waals surface area contributed by atoms with Crippen LogP contribution in [0.5, 0.6) is 0 Å². The highest BCUT2D eigenvalue weighted by Gasteiger charge is 2.30. The van der Waals surface area contributed by atoms with Crippen molar-refractivity contribution in [3.63, 3.8) is 0 Å². The second-order valence-electron chi connectivity index (χ2n) is 6.56. The largest absolute Gasteiger partial charge is 0.465 e. The van der Waals surface area contributed by atoms with Crippen LogP contribution in [0.15, 0.2) is 33.6 Å². The lowest BCUT2D eigenvalue weighted by atomic mass is 10.2. The topological polar surface area (TPSA) is 53.8 Å². The molecule has 0 amide bonds. The van der Waals surface area contributed by atoms with Gasteiger partial charge in [0, 0.05) is 31.2 Å². The van der Waals surface area contributed by atoms with E-state index >= 15 is 0 Å². The molecule has 1 aromatic carbocycles. The predicted octanol–water partition coefficient (Wildman–Crippen LogP) is 3.36. The van der Waals surface area contributed by atoms with Gasteiger partial charge in [-0.05, 0) is 56.2 Å². The molecule has 0 atom stereocenters. The maximum atomic E-state index is 13.0. The van der Waals surface area contributed by atoms with Crippen LogP contribution >= 0.6 is 11.6 Å². The Balaban J connectivity index is 1.70. The van der Waals surface area contributed by atoms with Crippen molar-refractivity contribution >= 4 is 21.6 Å². The molecule has 1 fully saturated rings. The Hall–Kier alpha value is -1.34. The summed E-state index contributed by atoms with van der Waals surface area (Å²) in [6.45, 7) is 8.56. The number of rotatable bonds is 4. The van der Waals surface area contributed by atoms with Gasteiger partial charge in [0.05, 0.1) is 11.4 Å². The molecule has 1 aromatic heterocycles. The minimum absolute atomic E-state index is 0.351. The summed E-state index contributed by atoms with van der Waals surface area (Å²) in [5.74, 6) is 1.81. The summed E-state index contributed by atoms with van der Waals surface area (Å²) < 4.78 is 33.1. The van der Waals surface area contributed by atoms with Gasteiger partial charge < -0.3 is 4.42 Å². The van der Waals surface area contributed by atoms with E-state index in [-0.39, 0.29) is 0 Å². The molecule has 0 bridgehead atoms. The molecular weight excluding hydrogens is 360 g/mol. The highest BCUT2D eigenvalue weighted by Crippen LogP contribution is 2.27. The van der Waals surface area contributed by atoms with Gasteiger partial charge in [0.15, 0.2) is 0 Å². The van der Waals surface area contributed by atoms with Crippen LogP contribution in [0.3, 0.4) is 0 Å². The number of nitrogens with zero attached hydrogens (tertiary/aromatic N) is 2. The van der Waals surface area contributed by atoms with Gasteiger partial charge >= 0.3 is 0 Å². The molecule has 1 saturated heterocycles. The van der Waals surface area contributed by atoms with Gasteiger partial charge in [-0.3, -0.25) is 4.90 Å². The number of hydrogen-bond donors (Lipinski definition) is 0. The quantitative estimate of drug-likeness (QED) is 0.813. The molecule has 136 valence electrons. The average molecular weight is 383 g/mol. The molecule has 5 nitrogen and oxygen atoms in total. The fourth-order valence-electron chi connectivity index (χ4n) is 3.09. The lowest BCUT2D eigenvalue weighted by molar-refractivity contribution is 0.170. The highest BCUT2D eigenvalue weighted by molar-refractivity contribution is 7.89. The van der Waals surface area contributed by atoms with Crippen LogP contribution in [-0.4, -0.2) is 43.8 Å². The standard InChI is InChI=1S/C18H23ClN2O3S/c1-13-11-18(14(2)10-17(13)19)25(22,23)21-8-6-20(7-9-21)12-16-5-4-15(3)24-16/h4-5,10-11H,6-9,12H2,1-3H3. The second-order valence-corrected chi connectivity index (χ2v) is 8.87. The third-order valence-corrected chi connectivity index (χ3v) is 7.03. The zero-order valence-corrected chi connectivity index (χ0v) is 16.3. The summed E-state index contributed by atoms with van der Waals surface area (Å²) in [5, 5.41) is 0.593. The lowest BCUT2D eigenvalue weighted by Crippen LogP contribution is -2.48. The number of hydrogen-bond acceptors (Lipinski definition) is 4. The van der Waals surface area contributed by atoms with Crippen LogP contribution in [0.2, 0.25) is 5.02 Å². The van der Waals surface area contributed by atoms with Crippen LogP contribution in [0.25, 0.3) is 0 Å². The van der Waals surface area contributed by atoms with E-state index in [4.69, 9.17) is 16.0 Å². The molecule has 25 heavy (non-hydrogen) atoms. The number of benzene rings is 1. The predicted molar refractivity (Wildman–Crippen MR) is 98.4 cm³/mol. The zero-order chi connectivity index (χ0) is 18.2. The molecule has 7 heteroatoms. The highest BCUT2D eigenvalue weighted by atomic mass is 35.5. The summed E-state index contributed by atoms with van der Waals surface area (Å²) in [7, 11) is -3.50. The van der Waals surface area contributed by atoms with Crippen LogP contribution < -0.4 is 0 Å². The molecule has 0 N–H and O–H groups in total. The Kier molecular flexibility index (Phi) is 5.25. The number of halogens is 1. The maximum Gasteiger partial charge on any atom is 0.243 e. The zero-order valence-electron chi connectivity index (χ0n) is 14.8. The van der Waals surface area contributed by atoms with Crippen LogP contribution in [0.4, 0.5) is 0 Å². The third-order valence-electron chi connectivity index (χ3n) is 4.58. The Morgan fingerprint density at radius 3 is 2.32 bits per heavy atom. The molecule has 0 saturated carbocycles. The van der Waals surface area contributed by atoms with E-state index < -0.39 is 10.0 Å². The van der Waals surface area contributed by atoms with E-state index in [2.05, 4.69) is 4.90 Å². The SMILES string of the molecule is Cc1ccc(CN2CCN(S(=O)(=O)c3cc(C)c(Cl)cc3C)CC2)o1. The maximum absolute atomic E-state index is 13.0. The van der Waals surface area contributed by atoms with Crippen molar-refractivity contribution in [2.24, 2.45) is 0 Å². The smallest absolute Gasteiger partial charge is 0.243 e. The summed E-state index contributed by atoms with van der Waals surface area (Å²) >= 11 is 6.10. The van der Waals surface area contributed by atoms with E-state index in [0.717, 1.165) is 17.1 Å². The van der Waals surface area contributed by atoms with E-state index in [9.17, 15) is 8.42 Å². The van der Waals surface area contributed by atoms with Crippen molar-refractivity contribution in [1.29, 1.82) is 0 Å². The van der Waals surface area contributed by atoms with Gasteiger partial charge in [0.25, 0.3) is 0 Å². The molecule has 3 rings (SSSR count). The van der Waals surface area contributed by atoms with E-state index in [0.29, 0.717) is 48.2 Å². The fraction of sp³-hybridized carbons (Fsp3) is 0.444. The Morgan fingerprint density at radius 2 is 1.72 bits per heavy atom. The van der Waals surface area contributed by atoms with Gasteiger partial charge in [-0.25, -0.2) is 8.42 Å². The first kappa shape index (κ1) is 18.5. The minimum Gasteiger partial charge on any atom is -0.465 e. The molecule has 0 radical (unpaired) electrons. The molecule has 0 spiro atoms. The first-order chi connectivity index (χ1) is 11.8. The monoisotopic (exact) mass is 382 g/mol. The molecule has 2 aromatic rings. The van der Waals surface area contributed by atoms with Gasteiger partial charge in [-0.1, -0.05) is 11.6 Å². The normalized spacial score (nSPS) is 17.1. The summed E-state index contributed by atoms with van der Waals surface area (Å²) in [6, 6.07) is 7.31. The number of sulfonamides is 1. The molecule has 1 aliphatic rings. The van der Waals surface area contributed by atoms with Gasteiger partial charge in [-0.2, -0.15) is 4.31 Å². The minimum atomic E-state index is -3.50. The number of aryl methyl sites for hydroxylation is 3. The first-order valence-corrected chi connectivity index (χ1v) is 10.1. The van der Waals surface area contributed by atoms with Gasteiger partial charge in [0.2, 0.25) is 10.0 Å². The molecule has 2 heterocycles. The van der Waals surface area contributed by atoms with Crippen molar-refractivity contribution in [2.45, 2.75) is 32.2 Å². The second kappa shape index (κ2) is 7.11. The van der Waals surface area contributed by atoms with E-state index in [1.807, 2.05) is 26.0 Å². The first-order valence-electron chi connectivity index (χ1n) is 8.32. The van der Waals surface area contributed by atoms with Crippen molar-refractivity contribution in [2.75, 3.05) is 26.2 Å². The molecule has 1 aliphatic heterocycles. The lowest BCUT2D eigenvalue weighted by Gasteiger charge is -2.33. The van der Waals surface area contributed by atoms with Crippen molar-refractivity contribution in [3.8, 4) is 0 Å². The van der Waals surface area contributed by atoms with Crippen molar-refractivity contribution < 1.29 is 12.8 Å². The summed E-state index contributed by atoms with van der Waals surface area (Å²) in [6.07, 6.45) is 0. The van der Waals surface area contributed by atoms with Gasteiger partial charge in [-0.15, -0.1) is 0 Å². The van der Waals surface area contributed by atoms with Gasteiger partial charge in [0.1, 0.15) is 11.5 Å². The summed E-state index contributed by atoms with van der Waals surface area (Å²) in [5.41, 5.74) is 1.46. The average Bonchev–Trinajstić information content (AvgIpc) is 2.96. The van der Waals surface area contributed by atoms with Crippen LogP contribution in [0.1, 0.15) is 22.6 Å². The Bertz CT molecular complexity index is 868. The molecule has 0 aliphatic carbocycles. The fourth-order valence-corrected chi connectivity index (χ4v) is 5.02. The van der Waals surface area contributed by atoms with Crippen LogP contribution in [-0.2, 0) is 16.6 Å². The Morgan fingerprint density at radius 1 is 1.04 bits per heavy atom.